The fraction of sp³-hybridized carbons (Fsp3) is 0.571. The number of carbonyl (C=O) groups excluding carboxylic acids is 2. The van der Waals surface area contributed by atoms with Gasteiger partial charge in [0.1, 0.15) is 0 Å². The zero-order chi connectivity index (χ0) is 21.4. The first-order valence-electron chi connectivity index (χ1n) is 10.0. The molecule has 1 fully saturated rings. The molecule has 0 aromatic heterocycles. The summed E-state index contributed by atoms with van der Waals surface area (Å²) in [5.74, 6) is 0.871. The van der Waals surface area contributed by atoms with Gasteiger partial charge < -0.3 is 20.4 Å². The van der Waals surface area contributed by atoms with E-state index in [4.69, 9.17) is 11.6 Å². The Morgan fingerprint density at radius 2 is 1.79 bits per heavy atom. The van der Waals surface area contributed by atoms with Gasteiger partial charge in [0.15, 0.2) is 5.96 Å². The van der Waals surface area contributed by atoms with E-state index in [-0.39, 0.29) is 11.8 Å². The van der Waals surface area contributed by atoms with Gasteiger partial charge in [0.05, 0.1) is 11.8 Å². The minimum absolute atomic E-state index is 0.0133. The van der Waals surface area contributed by atoms with E-state index in [1.54, 1.807) is 13.1 Å². The maximum Gasteiger partial charge on any atom is 0.227 e. The van der Waals surface area contributed by atoms with Gasteiger partial charge in [0, 0.05) is 51.3 Å². The molecule has 0 bridgehead atoms. The van der Waals surface area contributed by atoms with Crippen LogP contribution in [-0.4, -0.2) is 73.9 Å². The lowest BCUT2D eigenvalue weighted by molar-refractivity contribution is -0.132. The fourth-order valence-electron chi connectivity index (χ4n) is 3.21. The molecule has 7 nitrogen and oxygen atoms in total. The smallest absolute Gasteiger partial charge is 0.227 e. The SMILES string of the molecule is CCNC(=O)C(C)(C)CNC(=NC)N1CCN(C(=O)Cc2cccc(Cl)c2)CC1. The van der Waals surface area contributed by atoms with Gasteiger partial charge in [-0.05, 0) is 38.5 Å². The Bertz CT molecular complexity index is 742. The van der Waals surface area contributed by atoms with Crippen LogP contribution in [0.5, 0.6) is 0 Å². The summed E-state index contributed by atoms with van der Waals surface area (Å²) in [7, 11) is 1.73. The lowest BCUT2D eigenvalue weighted by atomic mass is 9.92. The number of benzene rings is 1. The molecule has 0 radical (unpaired) electrons. The molecule has 0 spiro atoms. The van der Waals surface area contributed by atoms with E-state index in [1.807, 2.05) is 43.9 Å². The average Bonchev–Trinajstić information content (AvgIpc) is 2.69. The van der Waals surface area contributed by atoms with E-state index >= 15 is 0 Å². The molecule has 1 aliphatic heterocycles. The standard InChI is InChI=1S/C21H32ClN5O2/c1-5-24-19(29)21(2,3)15-25-20(23-4)27-11-9-26(10-12-27)18(28)14-16-7-6-8-17(22)13-16/h6-8,13H,5,9-12,14-15H2,1-4H3,(H,23,25)(H,24,29). The second-order valence-electron chi connectivity index (χ2n) is 7.82. The number of rotatable bonds is 6. The van der Waals surface area contributed by atoms with Gasteiger partial charge >= 0.3 is 0 Å². The molecule has 0 unspecified atom stereocenters. The summed E-state index contributed by atoms with van der Waals surface area (Å²) in [6, 6.07) is 7.42. The van der Waals surface area contributed by atoms with Crippen molar-refractivity contribution in [3.8, 4) is 0 Å². The molecule has 1 heterocycles. The summed E-state index contributed by atoms with van der Waals surface area (Å²) < 4.78 is 0. The van der Waals surface area contributed by atoms with Gasteiger partial charge in [-0.1, -0.05) is 23.7 Å². The van der Waals surface area contributed by atoms with Gasteiger partial charge in [0.25, 0.3) is 0 Å². The lowest BCUT2D eigenvalue weighted by Gasteiger charge is -2.37. The molecule has 0 atom stereocenters. The van der Waals surface area contributed by atoms with Crippen LogP contribution in [-0.2, 0) is 16.0 Å². The van der Waals surface area contributed by atoms with Crippen molar-refractivity contribution in [3.63, 3.8) is 0 Å². The summed E-state index contributed by atoms with van der Waals surface area (Å²) in [5.41, 5.74) is 0.385. The summed E-state index contributed by atoms with van der Waals surface area (Å²) in [5, 5.41) is 6.81. The Labute approximate surface area is 178 Å². The monoisotopic (exact) mass is 421 g/mol. The van der Waals surface area contributed by atoms with Crippen LogP contribution >= 0.6 is 11.6 Å². The highest BCUT2D eigenvalue weighted by Gasteiger charge is 2.29. The van der Waals surface area contributed by atoms with E-state index in [9.17, 15) is 9.59 Å². The van der Waals surface area contributed by atoms with Crippen molar-refractivity contribution in [1.29, 1.82) is 0 Å². The van der Waals surface area contributed by atoms with Crippen molar-refractivity contribution in [2.75, 3.05) is 46.3 Å². The molecule has 1 aromatic carbocycles. The Hall–Kier alpha value is -2.28. The second kappa shape index (κ2) is 10.5. The molecule has 1 aliphatic rings. The third-order valence-electron chi connectivity index (χ3n) is 5.03. The van der Waals surface area contributed by atoms with E-state index in [2.05, 4.69) is 20.5 Å². The van der Waals surface area contributed by atoms with E-state index in [1.165, 1.54) is 0 Å². The van der Waals surface area contributed by atoms with Crippen LogP contribution in [0.25, 0.3) is 0 Å². The van der Waals surface area contributed by atoms with E-state index in [0.29, 0.717) is 50.7 Å². The highest BCUT2D eigenvalue weighted by molar-refractivity contribution is 6.30. The second-order valence-corrected chi connectivity index (χ2v) is 8.26. The Morgan fingerprint density at radius 1 is 1.14 bits per heavy atom. The molecule has 29 heavy (non-hydrogen) atoms. The number of hydrogen-bond acceptors (Lipinski definition) is 3. The van der Waals surface area contributed by atoms with Gasteiger partial charge in [-0.15, -0.1) is 0 Å². The van der Waals surface area contributed by atoms with E-state index in [0.717, 1.165) is 11.5 Å². The Balaban J connectivity index is 1.85. The van der Waals surface area contributed by atoms with Crippen molar-refractivity contribution in [1.82, 2.24) is 20.4 Å². The van der Waals surface area contributed by atoms with Crippen LogP contribution in [0.2, 0.25) is 5.02 Å². The molecule has 2 amide bonds. The van der Waals surface area contributed by atoms with Crippen molar-refractivity contribution in [3.05, 3.63) is 34.9 Å². The summed E-state index contributed by atoms with van der Waals surface area (Å²) >= 11 is 6.01. The highest BCUT2D eigenvalue weighted by atomic mass is 35.5. The third kappa shape index (κ3) is 6.63. The molecule has 0 saturated carbocycles. The number of nitrogens with zero attached hydrogens (tertiary/aromatic N) is 3. The number of guanidine groups is 1. The number of nitrogens with one attached hydrogen (secondary N) is 2. The maximum absolute atomic E-state index is 12.6. The summed E-state index contributed by atoms with van der Waals surface area (Å²) in [6.07, 6.45) is 0.355. The van der Waals surface area contributed by atoms with Crippen molar-refractivity contribution < 1.29 is 9.59 Å². The van der Waals surface area contributed by atoms with E-state index < -0.39 is 5.41 Å². The molecule has 1 aromatic rings. The fourth-order valence-corrected chi connectivity index (χ4v) is 3.43. The molecular weight excluding hydrogens is 390 g/mol. The minimum atomic E-state index is -0.541. The first-order valence-corrected chi connectivity index (χ1v) is 10.4. The average molecular weight is 422 g/mol. The van der Waals surface area contributed by atoms with Crippen molar-refractivity contribution >= 4 is 29.4 Å². The van der Waals surface area contributed by atoms with Crippen LogP contribution in [0.15, 0.2) is 29.3 Å². The zero-order valence-corrected chi connectivity index (χ0v) is 18.6. The Kier molecular flexibility index (Phi) is 8.32. The van der Waals surface area contributed by atoms with Crippen LogP contribution < -0.4 is 10.6 Å². The third-order valence-corrected chi connectivity index (χ3v) is 5.26. The maximum atomic E-state index is 12.6. The molecule has 2 rings (SSSR count). The van der Waals surface area contributed by atoms with Gasteiger partial charge in [-0.2, -0.15) is 0 Å². The number of piperazine rings is 1. The molecular formula is C21H32ClN5O2. The van der Waals surface area contributed by atoms with Crippen molar-refractivity contribution in [2.24, 2.45) is 10.4 Å². The van der Waals surface area contributed by atoms with Gasteiger partial charge in [-0.25, -0.2) is 0 Å². The molecule has 0 aliphatic carbocycles. The summed E-state index contributed by atoms with van der Waals surface area (Å²) in [4.78, 5) is 33.1. The van der Waals surface area contributed by atoms with Crippen LogP contribution in [0.4, 0.5) is 0 Å². The predicted molar refractivity (Wildman–Crippen MR) is 117 cm³/mol. The quantitative estimate of drug-likeness (QED) is 0.542. The number of aliphatic imine (C=N–C) groups is 1. The number of halogens is 1. The molecule has 8 heteroatoms. The number of carbonyl (C=O) groups is 2. The topological polar surface area (TPSA) is 77.0 Å². The first kappa shape index (κ1) is 23.0. The van der Waals surface area contributed by atoms with Crippen LogP contribution in [0.1, 0.15) is 26.3 Å². The van der Waals surface area contributed by atoms with Crippen LogP contribution in [0, 0.1) is 5.41 Å². The number of hydrogen-bond donors (Lipinski definition) is 2. The Morgan fingerprint density at radius 3 is 2.38 bits per heavy atom. The van der Waals surface area contributed by atoms with Gasteiger partial charge in [0.2, 0.25) is 11.8 Å². The molecule has 1 saturated heterocycles. The first-order chi connectivity index (χ1) is 13.8. The van der Waals surface area contributed by atoms with Crippen LogP contribution in [0.3, 0.4) is 0 Å². The number of amides is 2. The van der Waals surface area contributed by atoms with Gasteiger partial charge in [-0.3, -0.25) is 14.6 Å². The summed E-state index contributed by atoms with van der Waals surface area (Å²) in [6.45, 7) is 9.50. The predicted octanol–water partition coefficient (Wildman–Crippen LogP) is 1.76. The zero-order valence-electron chi connectivity index (χ0n) is 17.8. The lowest BCUT2D eigenvalue weighted by Crippen LogP contribution is -2.55. The largest absolute Gasteiger partial charge is 0.356 e. The molecule has 160 valence electrons. The minimum Gasteiger partial charge on any atom is -0.356 e. The molecule has 2 N–H and O–H groups in total. The normalized spacial score (nSPS) is 15.3. The highest BCUT2D eigenvalue weighted by Crippen LogP contribution is 2.15. The van der Waals surface area contributed by atoms with Crippen molar-refractivity contribution in [2.45, 2.75) is 27.2 Å².